The molecule has 1 aliphatic rings. The number of aliphatic hydroxyl groups is 1. The number of aliphatic hydroxyl groups excluding tert-OH is 1. The van der Waals surface area contributed by atoms with Crippen LogP contribution in [0.1, 0.15) is 0 Å². The van der Waals surface area contributed by atoms with Crippen molar-refractivity contribution in [3.05, 3.63) is 0 Å². The SMILES string of the molecule is OC1CNCC1OC(C(F)(F)F)C(F)(F)F. The van der Waals surface area contributed by atoms with Gasteiger partial charge in [-0.15, -0.1) is 0 Å². The molecule has 1 rings (SSSR count). The Morgan fingerprint density at radius 3 is 1.88 bits per heavy atom. The summed E-state index contributed by atoms with van der Waals surface area (Å²) in [4.78, 5) is 0. The van der Waals surface area contributed by atoms with Crippen molar-refractivity contribution < 1.29 is 36.2 Å². The Morgan fingerprint density at radius 1 is 1.06 bits per heavy atom. The highest BCUT2D eigenvalue weighted by atomic mass is 19.4. The average molecular weight is 253 g/mol. The number of hydrogen-bond acceptors (Lipinski definition) is 3. The molecule has 2 unspecified atom stereocenters. The molecule has 3 nitrogen and oxygen atoms in total. The molecule has 0 aromatic carbocycles. The standard InChI is InChI=1S/C7H9F6NO2/c8-6(9,10)5(7(11,12)13)16-4-2-14-1-3(4)15/h3-5,14-15H,1-2H2. The molecule has 2 atom stereocenters. The van der Waals surface area contributed by atoms with Crippen LogP contribution in [0.25, 0.3) is 0 Å². The van der Waals surface area contributed by atoms with Crippen LogP contribution in [0.2, 0.25) is 0 Å². The summed E-state index contributed by atoms with van der Waals surface area (Å²) in [5, 5.41) is 11.5. The van der Waals surface area contributed by atoms with Crippen LogP contribution < -0.4 is 5.32 Å². The maximum absolute atomic E-state index is 12.0. The molecule has 0 aromatic heterocycles. The topological polar surface area (TPSA) is 41.5 Å². The van der Waals surface area contributed by atoms with Crippen LogP contribution in [-0.2, 0) is 4.74 Å². The fraction of sp³-hybridized carbons (Fsp3) is 1.00. The number of alkyl halides is 6. The van der Waals surface area contributed by atoms with E-state index in [2.05, 4.69) is 10.1 Å². The Hall–Kier alpha value is -0.540. The van der Waals surface area contributed by atoms with Crippen molar-refractivity contribution >= 4 is 0 Å². The van der Waals surface area contributed by atoms with Crippen LogP contribution in [0, 0.1) is 0 Å². The lowest BCUT2D eigenvalue weighted by atomic mass is 10.2. The van der Waals surface area contributed by atoms with Gasteiger partial charge in [0.2, 0.25) is 6.10 Å². The minimum Gasteiger partial charge on any atom is -0.389 e. The van der Waals surface area contributed by atoms with Gasteiger partial charge in [0.1, 0.15) is 0 Å². The molecule has 0 radical (unpaired) electrons. The second-order valence-electron chi connectivity index (χ2n) is 3.36. The minimum absolute atomic E-state index is 0.0902. The number of ether oxygens (including phenoxy) is 1. The predicted octanol–water partition coefficient (Wildman–Crippen LogP) is 0.829. The smallest absolute Gasteiger partial charge is 0.389 e. The lowest BCUT2D eigenvalue weighted by molar-refractivity contribution is -0.333. The van der Waals surface area contributed by atoms with Crippen LogP contribution >= 0.6 is 0 Å². The summed E-state index contributed by atoms with van der Waals surface area (Å²) in [6, 6.07) is 0. The van der Waals surface area contributed by atoms with E-state index in [-0.39, 0.29) is 13.1 Å². The van der Waals surface area contributed by atoms with Gasteiger partial charge in [-0.2, -0.15) is 26.3 Å². The number of halogens is 6. The maximum Gasteiger partial charge on any atom is 0.423 e. The van der Waals surface area contributed by atoms with Crippen molar-refractivity contribution in [3.8, 4) is 0 Å². The Kier molecular flexibility index (Phi) is 3.70. The van der Waals surface area contributed by atoms with E-state index in [4.69, 9.17) is 5.11 Å². The van der Waals surface area contributed by atoms with E-state index >= 15 is 0 Å². The van der Waals surface area contributed by atoms with Crippen molar-refractivity contribution in [1.82, 2.24) is 5.32 Å². The summed E-state index contributed by atoms with van der Waals surface area (Å²) in [6.07, 6.45) is -17.8. The maximum atomic E-state index is 12.0. The highest BCUT2D eigenvalue weighted by molar-refractivity contribution is 4.85. The fourth-order valence-corrected chi connectivity index (χ4v) is 1.29. The van der Waals surface area contributed by atoms with E-state index in [0.717, 1.165) is 0 Å². The molecule has 0 aromatic rings. The fourth-order valence-electron chi connectivity index (χ4n) is 1.29. The van der Waals surface area contributed by atoms with Crippen molar-refractivity contribution in [2.75, 3.05) is 13.1 Å². The van der Waals surface area contributed by atoms with E-state index in [1.807, 2.05) is 0 Å². The first-order valence-corrected chi connectivity index (χ1v) is 4.30. The first kappa shape index (κ1) is 13.5. The summed E-state index contributed by atoms with van der Waals surface area (Å²) in [5.74, 6) is 0. The number of β-amino-alcohol motifs (C(OH)–C–C–N with tert-alkyl or cyclic N) is 1. The molecule has 0 saturated carbocycles. The summed E-state index contributed by atoms with van der Waals surface area (Å²) < 4.78 is 76.2. The van der Waals surface area contributed by atoms with Crippen molar-refractivity contribution in [1.29, 1.82) is 0 Å². The zero-order chi connectivity index (χ0) is 12.6. The monoisotopic (exact) mass is 253 g/mol. The highest BCUT2D eigenvalue weighted by Crippen LogP contribution is 2.36. The second kappa shape index (κ2) is 4.38. The molecule has 1 aliphatic heterocycles. The lowest BCUT2D eigenvalue weighted by Crippen LogP contribution is -2.48. The zero-order valence-electron chi connectivity index (χ0n) is 7.77. The van der Waals surface area contributed by atoms with Crippen LogP contribution in [-0.4, -0.2) is 48.9 Å². The van der Waals surface area contributed by atoms with Crippen molar-refractivity contribution in [2.45, 2.75) is 30.7 Å². The molecule has 16 heavy (non-hydrogen) atoms. The van der Waals surface area contributed by atoms with Gasteiger partial charge in [-0.3, -0.25) is 0 Å². The van der Waals surface area contributed by atoms with Crippen LogP contribution in [0.5, 0.6) is 0 Å². The molecule has 1 saturated heterocycles. The van der Waals surface area contributed by atoms with Crippen LogP contribution in [0.3, 0.4) is 0 Å². The van der Waals surface area contributed by atoms with Crippen LogP contribution in [0.15, 0.2) is 0 Å². The van der Waals surface area contributed by atoms with E-state index in [1.54, 1.807) is 0 Å². The molecule has 0 bridgehead atoms. The van der Waals surface area contributed by atoms with Gasteiger partial charge in [-0.05, 0) is 0 Å². The van der Waals surface area contributed by atoms with Gasteiger partial charge >= 0.3 is 12.4 Å². The van der Waals surface area contributed by atoms with Gasteiger partial charge in [0.15, 0.2) is 0 Å². The van der Waals surface area contributed by atoms with Gasteiger partial charge in [0.25, 0.3) is 0 Å². The Balaban J connectivity index is 2.72. The third-order valence-corrected chi connectivity index (χ3v) is 2.03. The van der Waals surface area contributed by atoms with Gasteiger partial charge in [-0.1, -0.05) is 0 Å². The third-order valence-electron chi connectivity index (χ3n) is 2.03. The van der Waals surface area contributed by atoms with Gasteiger partial charge in [0.05, 0.1) is 12.2 Å². The summed E-state index contributed by atoms with van der Waals surface area (Å²) in [5.41, 5.74) is 0. The van der Waals surface area contributed by atoms with Crippen molar-refractivity contribution in [3.63, 3.8) is 0 Å². The molecular weight excluding hydrogens is 244 g/mol. The van der Waals surface area contributed by atoms with E-state index in [1.165, 1.54) is 0 Å². The largest absolute Gasteiger partial charge is 0.423 e. The van der Waals surface area contributed by atoms with Crippen LogP contribution in [0.4, 0.5) is 26.3 Å². The van der Waals surface area contributed by atoms with E-state index in [0.29, 0.717) is 0 Å². The first-order valence-electron chi connectivity index (χ1n) is 4.30. The molecule has 0 amide bonds. The molecular formula is C7H9F6NO2. The Labute approximate surface area is 86.4 Å². The average Bonchev–Trinajstić information content (AvgIpc) is 2.42. The molecule has 96 valence electrons. The molecule has 9 heteroatoms. The molecule has 2 N–H and O–H groups in total. The van der Waals surface area contributed by atoms with Gasteiger partial charge in [-0.25, -0.2) is 0 Å². The summed E-state index contributed by atoms with van der Waals surface area (Å²) >= 11 is 0. The van der Waals surface area contributed by atoms with Gasteiger partial charge < -0.3 is 15.2 Å². The Bertz CT molecular complexity index is 226. The quantitative estimate of drug-likeness (QED) is 0.716. The minimum atomic E-state index is -5.54. The number of rotatable bonds is 2. The highest BCUT2D eigenvalue weighted by Gasteiger charge is 2.59. The van der Waals surface area contributed by atoms with Gasteiger partial charge in [0, 0.05) is 13.1 Å². The molecule has 1 fully saturated rings. The predicted molar refractivity (Wildman–Crippen MR) is 39.6 cm³/mol. The van der Waals surface area contributed by atoms with Crippen molar-refractivity contribution in [2.24, 2.45) is 0 Å². The lowest BCUT2D eigenvalue weighted by Gasteiger charge is -2.27. The summed E-state index contributed by atoms with van der Waals surface area (Å²) in [7, 11) is 0. The number of nitrogens with one attached hydrogen (secondary N) is 1. The summed E-state index contributed by atoms with van der Waals surface area (Å²) in [6.45, 7) is -0.336. The first-order chi connectivity index (χ1) is 7.12. The molecule has 0 aliphatic carbocycles. The molecule has 0 spiro atoms. The normalized spacial score (nSPS) is 27.8. The second-order valence-corrected chi connectivity index (χ2v) is 3.36. The Morgan fingerprint density at radius 2 is 1.56 bits per heavy atom. The van der Waals surface area contributed by atoms with E-state index < -0.39 is 30.7 Å². The number of hydrogen-bond donors (Lipinski definition) is 2. The third kappa shape index (κ3) is 3.22. The molecule has 1 heterocycles. The van der Waals surface area contributed by atoms with E-state index in [9.17, 15) is 26.3 Å². The zero-order valence-corrected chi connectivity index (χ0v) is 7.77.